The Morgan fingerprint density at radius 3 is 2.52 bits per heavy atom. The van der Waals surface area contributed by atoms with Crippen molar-refractivity contribution in [3.63, 3.8) is 0 Å². The largest absolute Gasteiger partial charge is 0.487 e. The molecule has 0 amide bonds. The van der Waals surface area contributed by atoms with Gasteiger partial charge >= 0.3 is 5.69 Å². The van der Waals surface area contributed by atoms with E-state index in [0.717, 1.165) is 6.42 Å². The molecule has 1 aromatic rings. The van der Waals surface area contributed by atoms with Crippen molar-refractivity contribution in [3.05, 3.63) is 28.3 Å². The molecule has 2 N–H and O–H groups in total. The molecule has 0 radical (unpaired) electrons. The Kier molecular flexibility index (Phi) is 6.42. The quantitative estimate of drug-likeness (QED) is 0.539. The van der Waals surface area contributed by atoms with Crippen LogP contribution < -0.4 is 10.1 Å². The minimum absolute atomic E-state index is 0.0829. The molecule has 118 valence electrons. The van der Waals surface area contributed by atoms with Crippen molar-refractivity contribution in [2.24, 2.45) is 0 Å². The van der Waals surface area contributed by atoms with Gasteiger partial charge in [-0.25, -0.2) is 0 Å². The Bertz CT molecular complexity index is 473. The van der Waals surface area contributed by atoms with E-state index in [4.69, 9.17) is 4.74 Å². The summed E-state index contributed by atoms with van der Waals surface area (Å²) in [5.74, 6) is 0.253. The zero-order valence-corrected chi connectivity index (χ0v) is 12.9. The Balaban J connectivity index is 2.98. The summed E-state index contributed by atoms with van der Waals surface area (Å²) in [7, 11) is 0. The monoisotopic (exact) mass is 296 g/mol. The van der Waals surface area contributed by atoms with Crippen molar-refractivity contribution in [2.75, 3.05) is 18.5 Å². The standard InChI is InChI=1S/C15H24N2O4/c1-4-10-21-13-9-7-8-12(14(13)17(19)20)16-11-15(18,5-2)6-3/h7-9,16,18H,4-6,10-11H2,1-3H3. The second-order valence-corrected chi connectivity index (χ2v) is 5.04. The number of anilines is 1. The highest BCUT2D eigenvalue weighted by molar-refractivity contribution is 5.68. The zero-order valence-electron chi connectivity index (χ0n) is 12.9. The number of rotatable bonds is 9. The minimum Gasteiger partial charge on any atom is -0.487 e. The van der Waals surface area contributed by atoms with E-state index in [9.17, 15) is 15.2 Å². The molecule has 1 rings (SSSR count). The van der Waals surface area contributed by atoms with Gasteiger partial charge in [-0.05, 0) is 31.4 Å². The summed E-state index contributed by atoms with van der Waals surface area (Å²) in [5, 5.41) is 24.5. The molecule has 0 aliphatic heterocycles. The van der Waals surface area contributed by atoms with Gasteiger partial charge in [0.15, 0.2) is 5.75 Å². The molecule has 6 nitrogen and oxygen atoms in total. The third-order valence-electron chi connectivity index (χ3n) is 3.57. The van der Waals surface area contributed by atoms with Crippen LogP contribution in [0.2, 0.25) is 0 Å². The molecule has 0 bridgehead atoms. The Labute approximate surface area is 125 Å². The Morgan fingerprint density at radius 1 is 1.33 bits per heavy atom. The number of benzene rings is 1. The molecule has 6 heteroatoms. The van der Waals surface area contributed by atoms with Crippen molar-refractivity contribution < 1.29 is 14.8 Å². The number of nitrogens with one attached hydrogen (secondary N) is 1. The zero-order chi connectivity index (χ0) is 15.9. The normalized spacial score (nSPS) is 11.2. The third-order valence-corrected chi connectivity index (χ3v) is 3.57. The summed E-state index contributed by atoms with van der Waals surface area (Å²) < 4.78 is 5.43. The van der Waals surface area contributed by atoms with E-state index in [1.165, 1.54) is 0 Å². The second kappa shape index (κ2) is 7.83. The number of nitro groups is 1. The molecular formula is C15H24N2O4. The van der Waals surface area contributed by atoms with Crippen molar-refractivity contribution >= 4 is 11.4 Å². The first-order valence-corrected chi connectivity index (χ1v) is 7.33. The van der Waals surface area contributed by atoms with Gasteiger partial charge in [0.1, 0.15) is 5.69 Å². The average Bonchev–Trinajstić information content (AvgIpc) is 2.50. The fraction of sp³-hybridized carbons (Fsp3) is 0.600. The number of nitro benzene ring substituents is 1. The summed E-state index contributed by atoms with van der Waals surface area (Å²) >= 11 is 0. The number of aliphatic hydroxyl groups is 1. The van der Waals surface area contributed by atoms with Crippen LogP contribution in [0.1, 0.15) is 40.0 Å². The number of para-hydroxylation sites is 1. The summed E-state index contributed by atoms with van der Waals surface area (Å²) in [6, 6.07) is 4.92. The van der Waals surface area contributed by atoms with E-state index in [1.807, 2.05) is 20.8 Å². The van der Waals surface area contributed by atoms with E-state index in [0.29, 0.717) is 25.1 Å². The van der Waals surface area contributed by atoms with E-state index in [2.05, 4.69) is 5.32 Å². The van der Waals surface area contributed by atoms with Gasteiger partial charge in [-0.2, -0.15) is 0 Å². The van der Waals surface area contributed by atoms with Crippen LogP contribution in [0, 0.1) is 10.1 Å². The maximum atomic E-state index is 11.3. The number of hydrogen-bond donors (Lipinski definition) is 2. The number of nitrogens with zero attached hydrogens (tertiary/aromatic N) is 1. The molecule has 0 saturated heterocycles. The van der Waals surface area contributed by atoms with Crippen molar-refractivity contribution in [1.82, 2.24) is 0 Å². The van der Waals surface area contributed by atoms with Gasteiger partial charge in [0, 0.05) is 6.54 Å². The average molecular weight is 296 g/mol. The minimum atomic E-state index is -0.867. The van der Waals surface area contributed by atoms with Gasteiger partial charge in [0.2, 0.25) is 0 Å². The fourth-order valence-electron chi connectivity index (χ4n) is 1.94. The molecule has 0 aromatic heterocycles. The lowest BCUT2D eigenvalue weighted by Crippen LogP contribution is -2.35. The third kappa shape index (κ3) is 4.60. The lowest BCUT2D eigenvalue weighted by molar-refractivity contribution is -0.385. The maximum absolute atomic E-state index is 11.3. The van der Waals surface area contributed by atoms with Crippen LogP contribution in [0.3, 0.4) is 0 Å². The van der Waals surface area contributed by atoms with Gasteiger partial charge in [0.25, 0.3) is 0 Å². The summed E-state index contributed by atoms with van der Waals surface area (Å²) in [5.41, 5.74) is -0.580. The topological polar surface area (TPSA) is 84.6 Å². The summed E-state index contributed by atoms with van der Waals surface area (Å²) in [6.45, 7) is 6.41. The van der Waals surface area contributed by atoms with E-state index >= 15 is 0 Å². The summed E-state index contributed by atoms with van der Waals surface area (Å²) in [6.07, 6.45) is 1.94. The lowest BCUT2D eigenvalue weighted by Gasteiger charge is -2.26. The van der Waals surface area contributed by atoms with Crippen LogP contribution in [-0.2, 0) is 0 Å². The van der Waals surface area contributed by atoms with Gasteiger partial charge in [-0.1, -0.05) is 26.8 Å². The first-order valence-electron chi connectivity index (χ1n) is 7.33. The highest BCUT2D eigenvalue weighted by Crippen LogP contribution is 2.35. The SMILES string of the molecule is CCCOc1cccc(NCC(O)(CC)CC)c1[N+](=O)[O-]. The number of ether oxygens (including phenoxy) is 1. The van der Waals surface area contributed by atoms with Crippen LogP contribution in [0.5, 0.6) is 5.75 Å². The van der Waals surface area contributed by atoms with Crippen molar-refractivity contribution in [2.45, 2.75) is 45.6 Å². The van der Waals surface area contributed by atoms with Gasteiger partial charge in [-0.3, -0.25) is 10.1 Å². The first-order chi connectivity index (χ1) is 9.97. The van der Waals surface area contributed by atoms with Crippen molar-refractivity contribution in [1.29, 1.82) is 0 Å². The van der Waals surface area contributed by atoms with Crippen LogP contribution in [0.4, 0.5) is 11.4 Å². The smallest absolute Gasteiger partial charge is 0.333 e. The molecule has 1 aromatic carbocycles. The van der Waals surface area contributed by atoms with Crippen LogP contribution in [0.25, 0.3) is 0 Å². The lowest BCUT2D eigenvalue weighted by atomic mass is 9.97. The maximum Gasteiger partial charge on any atom is 0.333 e. The molecule has 21 heavy (non-hydrogen) atoms. The van der Waals surface area contributed by atoms with E-state index < -0.39 is 10.5 Å². The fourth-order valence-corrected chi connectivity index (χ4v) is 1.94. The van der Waals surface area contributed by atoms with Crippen LogP contribution in [-0.4, -0.2) is 28.8 Å². The molecule has 0 saturated carbocycles. The molecule has 0 heterocycles. The Morgan fingerprint density at radius 2 is 2.00 bits per heavy atom. The molecule has 0 spiro atoms. The van der Waals surface area contributed by atoms with Crippen molar-refractivity contribution in [3.8, 4) is 5.75 Å². The molecular weight excluding hydrogens is 272 g/mol. The van der Waals surface area contributed by atoms with E-state index in [-0.39, 0.29) is 18.0 Å². The van der Waals surface area contributed by atoms with E-state index in [1.54, 1.807) is 18.2 Å². The predicted molar refractivity (Wildman–Crippen MR) is 82.9 cm³/mol. The highest BCUT2D eigenvalue weighted by atomic mass is 16.6. The van der Waals surface area contributed by atoms with Crippen LogP contribution >= 0.6 is 0 Å². The predicted octanol–water partition coefficient (Wildman–Crippen LogP) is 3.35. The van der Waals surface area contributed by atoms with Gasteiger partial charge in [0.05, 0.1) is 17.1 Å². The highest BCUT2D eigenvalue weighted by Gasteiger charge is 2.25. The van der Waals surface area contributed by atoms with Gasteiger partial charge in [-0.15, -0.1) is 0 Å². The number of hydrogen-bond acceptors (Lipinski definition) is 5. The summed E-state index contributed by atoms with van der Waals surface area (Å²) in [4.78, 5) is 10.8. The molecule has 0 aliphatic carbocycles. The molecule has 0 aliphatic rings. The molecule has 0 atom stereocenters. The second-order valence-electron chi connectivity index (χ2n) is 5.04. The van der Waals surface area contributed by atoms with Gasteiger partial charge < -0.3 is 15.2 Å². The first kappa shape index (κ1) is 17.2. The molecule has 0 fully saturated rings. The van der Waals surface area contributed by atoms with Crippen LogP contribution in [0.15, 0.2) is 18.2 Å². The Hall–Kier alpha value is -1.82. The molecule has 0 unspecified atom stereocenters.